The molecule has 2 N–H and O–H groups in total. The number of hydrogen-bond donors (Lipinski definition) is 1. The smallest absolute Gasteiger partial charge is 0.0272 e. The third-order valence-electron chi connectivity index (χ3n) is 3.34. The molecule has 0 spiro atoms. The second-order valence-electron chi connectivity index (χ2n) is 5.15. The van der Waals surface area contributed by atoms with E-state index in [0.29, 0.717) is 5.92 Å². The predicted octanol–water partition coefficient (Wildman–Crippen LogP) is 4.50. The summed E-state index contributed by atoms with van der Waals surface area (Å²) in [7, 11) is 0. The molecule has 0 aliphatic carbocycles. The van der Waals surface area contributed by atoms with Crippen molar-refractivity contribution in [2.75, 3.05) is 0 Å². The zero-order chi connectivity index (χ0) is 13.1. The van der Waals surface area contributed by atoms with E-state index in [1.807, 2.05) is 13.0 Å². The number of benzene rings is 2. The van der Waals surface area contributed by atoms with Gasteiger partial charge in [0.15, 0.2) is 0 Å². The molecule has 0 amide bonds. The standard InChI is InChI=1S/C17H21N/c1-12(2)14-8-10-15(11-9-14)17-7-5-4-6-16(17)13(3)18/h4-13H,18H2,1-3H3. The van der Waals surface area contributed by atoms with Gasteiger partial charge in [-0.15, -0.1) is 0 Å². The van der Waals surface area contributed by atoms with Crippen molar-refractivity contribution in [3.63, 3.8) is 0 Å². The molecule has 0 aliphatic rings. The van der Waals surface area contributed by atoms with Gasteiger partial charge in [-0.2, -0.15) is 0 Å². The highest BCUT2D eigenvalue weighted by Crippen LogP contribution is 2.28. The van der Waals surface area contributed by atoms with Crippen molar-refractivity contribution >= 4 is 0 Å². The molecule has 1 nitrogen and oxygen atoms in total. The van der Waals surface area contributed by atoms with Gasteiger partial charge in [-0.25, -0.2) is 0 Å². The van der Waals surface area contributed by atoms with Gasteiger partial charge in [0, 0.05) is 6.04 Å². The quantitative estimate of drug-likeness (QED) is 0.838. The van der Waals surface area contributed by atoms with E-state index in [4.69, 9.17) is 5.73 Å². The molecular formula is C17H21N. The Morgan fingerprint density at radius 1 is 0.833 bits per heavy atom. The van der Waals surface area contributed by atoms with Crippen LogP contribution in [0.1, 0.15) is 43.9 Å². The molecule has 1 heteroatoms. The van der Waals surface area contributed by atoms with Crippen LogP contribution in [-0.4, -0.2) is 0 Å². The van der Waals surface area contributed by atoms with Crippen molar-refractivity contribution in [2.45, 2.75) is 32.7 Å². The van der Waals surface area contributed by atoms with Crippen LogP contribution in [0.15, 0.2) is 48.5 Å². The Kier molecular flexibility index (Phi) is 3.83. The van der Waals surface area contributed by atoms with Gasteiger partial charge in [0.25, 0.3) is 0 Å². The molecular weight excluding hydrogens is 218 g/mol. The highest BCUT2D eigenvalue weighted by Gasteiger charge is 2.08. The molecule has 0 saturated heterocycles. The zero-order valence-corrected chi connectivity index (χ0v) is 11.4. The van der Waals surface area contributed by atoms with Crippen LogP contribution < -0.4 is 5.73 Å². The summed E-state index contributed by atoms with van der Waals surface area (Å²) in [5.74, 6) is 0.572. The predicted molar refractivity (Wildman–Crippen MR) is 78.6 cm³/mol. The van der Waals surface area contributed by atoms with Gasteiger partial charge in [-0.1, -0.05) is 62.4 Å². The summed E-state index contributed by atoms with van der Waals surface area (Å²) in [6, 6.07) is 17.2. The highest BCUT2D eigenvalue weighted by atomic mass is 14.6. The number of nitrogens with two attached hydrogens (primary N) is 1. The molecule has 94 valence electrons. The van der Waals surface area contributed by atoms with Gasteiger partial charge in [0.2, 0.25) is 0 Å². The molecule has 0 heterocycles. The largest absolute Gasteiger partial charge is 0.324 e. The van der Waals surface area contributed by atoms with Crippen LogP contribution in [0, 0.1) is 0 Å². The van der Waals surface area contributed by atoms with Crippen LogP contribution >= 0.6 is 0 Å². The summed E-state index contributed by atoms with van der Waals surface area (Å²) in [6.45, 7) is 6.46. The van der Waals surface area contributed by atoms with E-state index >= 15 is 0 Å². The average Bonchev–Trinajstić information content (AvgIpc) is 2.39. The summed E-state index contributed by atoms with van der Waals surface area (Å²) in [5, 5.41) is 0. The minimum Gasteiger partial charge on any atom is -0.324 e. The maximum atomic E-state index is 6.03. The lowest BCUT2D eigenvalue weighted by atomic mass is 9.94. The highest BCUT2D eigenvalue weighted by molar-refractivity contribution is 5.68. The molecule has 1 unspecified atom stereocenters. The van der Waals surface area contributed by atoms with E-state index in [0.717, 1.165) is 0 Å². The first kappa shape index (κ1) is 12.8. The van der Waals surface area contributed by atoms with Gasteiger partial charge in [0.1, 0.15) is 0 Å². The van der Waals surface area contributed by atoms with Gasteiger partial charge >= 0.3 is 0 Å². The SMILES string of the molecule is CC(C)c1ccc(-c2ccccc2C(C)N)cc1. The fourth-order valence-corrected chi connectivity index (χ4v) is 2.20. The lowest BCUT2D eigenvalue weighted by molar-refractivity contribution is 0.820. The van der Waals surface area contributed by atoms with E-state index in [1.54, 1.807) is 0 Å². The van der Waals surface area contributed by atoms with Gasteiger partial charge in [0.05, 0.1) is 0 Å². The van der Waals surface area contributed by atoms with E-state index in [1.165, 1.54) is 22.3 Å². The Balaban J connectivity index is 2.43. The molecule has 1 atom stereocenters. The van der Waals surface area contributed by atoms with Crippen molar-refractivity contribution in [2.24, 2.45) is 5.73 Å². The van der Waals surface area contributed by atoms with Crippen LogP contribution in [0.4, 0.5) is 0 Å². The van der Waals surface area contributed by atoms with Crippen LogP contribution in [0.25, 0.3) is 11.1 Å². The first-order valence-electron chi connectivity index (χ1n) is 6.54. The fourth-order valence-electron chi connectivity index (χ4n) is 2.20. The van der Waals surface area contributed by atoms with Crippen molar-refractivity contribution in [1.82, 2.24) is 0 Å². The summed E-state index contributed by atoms with van der Waals surface area (Å²) in [4.78, 5) is 0. The Labute approximate surface area is 110 Å². The van der Waals surface area contributed by atoms with Gasteiger partial charge < -0.3 is 5.73 Å². The third kappa shape index (κ3) is 2.62. The topological polar surface area (TPSA) is 26.0 Å². The first-order chi connectivity index (χ1) is 8.59. The Morgan fingerprint density at radius 2 is 1.44 bits per heavy atom. The molecule has 0 fully saturated rings. The molecule has 0 saturated carbocycles. The van der Waals surface area contributed by atoms with E-state index in [9.17, 15) is 0 Å². The minimum absolute atomic E-state index is 0.0611. The number of rotatable bonds is 3. The molecule has 18 heavy (non-hydrogen) atoms. The van der Waals surface area contributed by atoms with Crippen LogP contribution in [-0.2, 0) is 0 Å². The third-order valence-corrected chi connectivity index (χ3v) is 3.34. The lowest BCUT2D eigenvalue weighted by Crippen LogP contribution is -2.06. The van der Waals surface area contributed by atoms with Gasteiger partial charge in [-0.3, -0.25) is 0 Å². The maximum absolute atomic E-state index is 6.03. The lowest BCUT2D eigenvalue weighted by Gasteiger charge is -2.13. The zero-order valence-electron chi connectivity index (χ0n) is 11.4. The van der Waals surface area contributed by atoms with E-state index in [-0.39, 0.29) is 6.04 Å². The fraction of sp³-hybridized carbons (Fsp3) is 0.294. The van der Waals surface area contributed by atoms with E-state index < -0.39 is 0 Å². The minimum atomic E-state index is 0.0611. The summed E-state index contributed by atoms with van der Waals surface area (Å²) < 4.78 is 0. The normalized spacial score (nSPS) is 12.7. The van der Waals surface area contributed by atoms with Crippen molar-refractivity contribution < 1.29 is 0 Å². The number of hydrogen-bond acceptors (Lipinski definition) is 1. The maximum Gasteiger partial charge on any atom is 0.0272 e. The Hall–Kier alpha value is -1.60. The van der Waals surface area contributed by atoms with Crippen molar-refractivity contribution in [3.8, 4) is 11.1 Å². The molecule has 0 aliphatic heterocycles. The van der Waals surface area contributed by atoms with Crippen LogP contribution in [0.5, 0.6) is 0 Å². The summed E-state index contributed by atoms with van der Waals surface area (Å²) in [6.07, 6.45) is 0. The second-order valence-corrected chi connectivity index (χ2v) is 5.15. The van der Waals surface area contributed by atoms with E-state index in [2.05, 4.69) is 56.3 Å². The second kappa shape index (κ2) is 5.36. The van der Waals surface area contributed by atoms with Gasteiger partial charge in [-0.05, 0) is 35.1 Å². The Bertz CT molecular complexity index is 509. The summed E-state index contributed by atoms with van der Waals surface area (Å²) in [5.41, 5.74) is 11.1. The summed E-state index contributed by atoms with van der Waals surface area (Å²) >= 11 is 0. The molecule has 0 radical (unpaired) electrons. The molecule has 0 bridgehead atoms. The van der Waals surface area contributed by atoms with Crippen LogP contribution in [0.2, 0.25) is 0 Å². The van der Waals surface area contributed by atoms with Crippen LogP contribution in [0.3, 0.4) is 0 Å². The molecule has 2 rings (SSSR count). The first-order valence-corrected chi connectivity index (χ1v) is 6.54. The molecule has 0 aromatic heterocycles. The monoisotopic (exact) mass is 239 g/mol. The molecule has 2 aromatic carbocycles. The van der Waals surface area contributed by atoms with Crippen molar-refractivity contribution in [3.05, 3.63) is 59.7 Å². The molecule has 2 aromatic rings. The van der Waals surface area contributed by atoms with Crippen molar-refractivity contribution in [1.29, 1.82) is 0 Å². The average molecular weight is 239 g/mol. The Morgan fingerprint density at radius 3 is 2.00 bits per heavy atom.